The first-order valence-electron chi connectivity index (χ1n) is 8.02. The van der Waals surface area contributed by atoms with Gasteiger partial charge in [0.15, 0.2) is 17.5 Å². The van der Waals surface area contributed by atoms with Crippen LogP contribution >= 0.6 is 0 Å². The molecule has 2 aromatic carbocycles. The van der Waals surface area contributed by atoms with Crippen LogP contribution in [0.4, 0.5) is 8.78 Å². The summed E-state index contributed by atoms with van der Waals surface area (Å²) in [5.41, 5.74) is 0.769. The van der Waals surface area contributed by atoms with E-state index in [1.807, 2.05) is 6.07 Å². The third kappa shape index (κ3) is 5.18. The predicted octanol–water partition coefficient (Wildman–Crippen LogP) is 2.92. The lowest BCUT2D eigenvalue weighted by Crippen LogP contribution is -2.40. The van der Waals surface area contributed by atoms with Crippen LogP contribution in [0.3, 0.4) is 0 Å². The number of aliphatic imine (C=N–C) groups is 1. The van der Waals surface area contributed by atoms with E-state index in [4.69, 9.17) is 10.00 Å². The van der Waals surface area contributed by atoms with E-state index >= 15 is 0 Å². The summed E-state index contributed by atoms with van der Waals surface area (Å²) in [6.07, 6.45) is 0. The van der Waals surface area contributed by atoms with E-state index in [9.17, 15) is 8.78 Å². The van der Waals surface area contributed by atoms with Crippen molar-refractivity contribution in [1.29, 1.82) is 5.26 Å². The van der Waals surface area contributed by atoms with E-state index < -0.39 is 11.6 Å². The van der Waals surface area contributed by atoms with E-state index in [0.717, 1.165) is 0 Å². The van der Waals surface area contributed by atoms with Gasteiger partial charge in [-0.15, -0.1) is 0 Å². The van der Waals surface area contributed by atoms with Crippen molar-refractivity contribution in [2.24, 2.45) is 4.99 Å². The molecule has 1 N–H and O–H groups in total. The van der Waals surface area contributed by atoms with Crippen molar-refractivity contribution < 1.29 is 13.5 Å². The Bertz CT molecular complexity index is 817. The summed E-state index contributed by atoms with van der Waals surface area (Å²) in [7, 11) is 3.40. The van der Waals surface area contributed by atoms with Gasteiger partial charge in [0, 0.05) is 26.2 Å². The van der Waals surface area contributed by atoms with Crippen LogP contribution in [-0.4, -0.2) is 38.1 Å². The van der Waals surface area contributed by atoms with Crippen LogP contribution in [-0.2, 0) is 6.54 Å². The number of nitriles is 1. The molecule has 0 aromatic heterocycles. The van der Waals surface area contributed by atoms with Gasteiger partial charge in [-0.05, 0) is 30.3 Å². The molecule has 0 atom stereocenters. The number of likely N-dealkylation sites (N-methyl/N-ethyl adjacent to an activating group) is 1. The Kier molecular flexibility index (Phi) is 6.92. The van der Waals surface area contributed by atoms with Crippen molar-refractivity contribution in [3.05, 3.63) is 65.2 Å². The van der Waals surface area contributed by atoms with Gasteiger partial charge in [0.05, 0.1) is 18.2 Å². The number of nitrogens with zero attached hydrogens (tertiary/aromatic N) is 3. The van der Waals surface area contributed by atoms with Gasteiger partial charge in [-0.2, -0.15) is 5.26 Å². The highest BCUT2D eigenvalue weighted by atomic mass is 19.1. The molecule has 0 saturated heterocycles. The lowest BCUT2D eigenvalue weighted by Gasteiger charge is -2.22. The van der Waals surface area contributed by atoms with E-state index in [2.05, 4.69) is 10.3 Å². The van der Waals surface area contributed by atoms with E-state index in [0.29, 0.717) is 23.6 Å². The zero-order valence-electron chi connectivity index (χ0n) is 14.7. The smallest absolute Gasteiger partial charge is 0.193 e. The average molecular weight is 358 g/mol. The van der Waals surface area contributed by atoms with Gasteiger partial charge in [-0.3, -0.25) is 4.99 Å². The molecule has 0 bridgehead atoms. The summed E-state index contributed by atoms with van der Waals surface area (Å²) >= 11 is 0. The highest BCUT2D eigenvalue weighted by molar-refractivity contribution is 5.79. The number of guanidine groups is 1. The van der Waals surface area contributed by atoms with Crippen molar-refractivity contribution in [2.45, 2.75) is 6.54 Å². The van der Waals surface area contributed by atoms with Crippen molar-refractivity contribution in [1.82, 2.24) is 10.2 Å². The Morgan fingerprint density at radius 1 is 1.23 bits per heavy atom. The van der Waals surface area contributed by atoms with Crippen LogP contribution < -0.4 is 10.1 Å². The minimum atomic E-state index is -0.412. The fourth-order valence-electron chi connectivity index (χ4n) is 2.30. The molecule has 0 heterocycles. The summed E-state index contributed by atoms with van der Waals surface area (Å²) in [6, 6.07) is 12.4. The van der Waals surface area contributed by atoms with Crippen molar-refractivity contribution >= 4 is 5.96 Å². The highest BCUT2D eigenvalue weighted by Gasteiger charge is 2.09. The SMILES string of the molecule is CN=C(NCc1cc(C#N)ccc1F)N(C)CCOc1ccccc1F. The minimum Gasteiger partial charge on any atom is -0.489 e. The van der Waals surface area contributed by atoms with Crippen LogP contribution in [0, 0.1) is 23.0 Å². The first kappa shape index (κ1) is 19.2. The number of ether oxygens (including phenoxy) is 1. The number of halogens is 2. The molecule has 0 unspecified atom stereocenters. The van der Waals surface area contributed by atoms with Crippen LogP contribution in [0.2, 0.25) is 0 Å². The molecular formula is C19H20F2N4O. The van der Waals surface area contributed by atoms with Crippen molar-refractivity contribution in [3.8, 4) is 11.8 Å². The minimum absolute atomic E-state index is 0.187. The molecule has 2 aromatic rings. The lowest BCUT2D eigenvalue weighted by molar-refractivity contribution is 0.270. The molecule has 0 aliphatic heterocycles. The normalized spacial score (nSPS) is 11.0. The largest absolute Gasteiger partial charge is 0.489 e. The molecule has 0 aliphatic rings. The number of para-hydroxylation sites is 1. The number of benzene rings is 2. The molecule has 7 heteroatoms. The molecule has 0 radical (unpaired) electrons. The molecule has 0 saturated carbocycles. The topological polar surface area (TPSA) is 60.7 Å². The number of hydrogen-bond donors (Lipinski definition) is 1. The first-order chi connectivity index (χ1) is 12.5. The first-order valence-corrected chi connectivity index (χ1v) is 8.02. The molecule has 26 heavy (non-hydrogen) atoms. The standard InChI is InChI=1S/C19H20F2N4O/c1-23-19(24-13-15-11-14(12-22)7-8-16(15)20)25(2)9-10-26-18-6-4-3-5-17(18)21/h3-8,11H,9-10,13H2,1-2H3,(H,23,24). The third-order valence-corrected chi connectivity index (χ3v) is 3.71. The number of rotatable bonds is 6. The van der Waals surface area contributed by atoms with Gasteiger partial charge < -0.3 is 15.0 Å². The summed E-state index contributed by atoms with van der Waals surface area (Å²) in [4.78, 5) is 5.92. The van der Waals surface area contributed by atoms with Crippen molar-refractivity contribution in [3.63, 3.8) is 0 Å². The van der Waals surface area contributed by atoms with Crippen LogP contribution in [0.1, 0.15) is 11.1 Å². The maximum atomic E-state index is 13.8. The zero-order chi connectivity index (χ0) is 18.9. The second-order valence-electron chi connectivity index (χ2n) is 5.52. The van der Waals surface area contributed by atoms with Crippen molar-refractivity contribution in [2.75, 3.05) is 27.2 Å². The molecule has 0 spiro atoms. The summed E-state index contributed by atoms with van der Waals surface area (Å²) in [6.45, 7) is 0.900. The van der Waals surface area contributed by atoms with Gasteiger partial charge in [0.1, 0.15) is 12.4 Å². The Labute approximate surface area is 151 Å². The highest BCUT2D eigenvalue weighted by Crippen LogP contribution is 2.15. The maximum absolute atomic E-state index is 13.8. The average Bonchev–Trinajstić information content (AvgIpc) is 2.65. The Hall–Kier alpha value is -3.14. The van der Waals surface area contributed by atoms with Gasteiger partial charge in [-0.25, -0.2) is 8.78 Å². The Morgan fingerprint density at radius 3 is 2.69 bits per heavy atom. The quantitative estimate of drug-likeness (QED) is 0.637. The Balaban J connectivity index is 1.88. The third-order valence-electron chi connectivity index (χ3n) is 3.71. The number of hydrogen-bond acceptors (Lipinski definition) is 3. The molecular weight excluding hydrogens is 338 g/mol. The molecule has 0 aliphatic carbocycles. The molecule has 0 amide bonds. The lowest BCUT2D eigenvalue weighted by atomic mass is 10.1. The molecule has 136 valence electrons. The Morgan fingerprint density at radius 2 is 2.00 bits per heavy atom. The number of nitrogens with one attached hydrogen (secondary N) is 1. The zero-order valence-corrected chi connectivity index (χ0v) is 14.7. The molecule has 2 rings (SSSR count). The monoisotopic (exact) mass is 358 g/mol. The van der Waals surface area contributed by atoms with Crippen LogP contribution in [0.5, 0.6) is 5.75 Å². The second-order valence-corrected chi connectivity index (χ2v) is 5.52. The van der Waals surface area contributed by atoms with Crippen LogP contribution in [0.25, 0.3) is 0 Å². The molecule has 5 nitrogen and oxygen atoms in total. The summed E-state index contributed by atoms with van der Waals surface area (Å²) < 4.78 is 32.8. The second kappa shape index (κ2) is 9.37. The van der Waals surface area contributed by atoms with E-state index in [1.54, 1.807) is 37.2 Å². The predicted molar refractivity (Wildman–Crippen MR) is 95.8 cm³/mol. The van der Waals surface area contributed by atoms with E-state index in [-0.39, 0.29) is 18.9 Å². The summed E-state index contributed by atoms with van der Waals surface area (Å²) in [5, 5.41) is 11.9. The fraction of sp³-hybridized carbons (Fsp3) is 0.263. The van der Waals surface area contributed by atoms with Gasteiger partial charge >= 0.3 is 0 Å². The molecule has 0 fully saturated rings. The fourth-order valence-corrected chi connectivity index (χ4v) is 2.30. The van der Waals surface area contributed by atoms with Crippen LogP contribution in [0.15, 0.2) is 47.5 Å². The van der Waals surface area contributed by atoms with E-state index in [1.165, 1.54) is 24.3 Å². The van der Waals surface area contributed by atoms with Gasteiger partial charge in [0.2, 0.25) is 0 Å². The van der Waals surface area contributed by atoms with Gasteiger partial charge in [-0.1, -0.05) is 12.1 Å². The maximum Gasteiger partial charge on any atom is 0.193 e. The van der Waals surface area contributed by atoms with Gasteiger partial charge in [0.25, 0.3) is 0 Å². The summed E-state index contributed by atoms with van der Waals surface area (Å²) in [5.74, 6) is -0.0777.